The van der Waals surface area contributed by atoms with Crippen molar-refractivity contribution < 1.29 is 28.2 Å². The minimum Gasteiger partial charge on any atom is -0.508 e. The zero-order valence-corrected chi connectivity index (χ0v) is 18.5. The molecule has 1 aromatic heterocycles. The maximum absolute atomic E-state index is 13.1. The van der Waals surface area contributed by atoms with E-state index < -0.39 is 43.4 Å². The average molecular weight is 454 g/mol. The van der Waals surface area contributed by atoms with Crippen molar-refractivity contribution in [1.29, 1.82) is 0 Å². The van der Waals surface area contributed by atoms with Gasteiger partial charge in [0.2, 0.25) is 9.84 Å². The van der Waals surface area contributed by atoms with Crippen LogP contribution in [0.15, 0.2) is 37.2 Å². The number of carbonyl (C=O) groups is 1. The van der Waals surface area contributed by atoms with Gasteiger partial charge in [0.15, 0.2) is 0 Å². The number of hydrogen-bond donors (Lipinski definition) is 3. The Morgan fingerprint density at radius 1 is 1.28 bits per heavy atom. The molecule has 154 valence electrons. The van der Waals surface area contributed by atoms with E-state index in [4.69, 9.17) is 18.3 Å². The monoisotopic (exact) mass is 454 g/mol. The number of benzene rings is 1. The highest BCUT2D eigenvalue weighted by Crippen LogP contribution is 2.39. The summed E-state index contributed by atoms with van der Waals surface area (Å²) in [6.07, 6.45) is 0.767. The highest BCUT2D eigenvalue weighted by atomic mass is 32.2. The van der Waals surface area contributed by atoms with Crippen LogP contribution in [0.3, 0.4) is 0 Å². The van der Waals surface area contributed by atoms with Crippen LogP contribution < -0.4 is 11.2 Å². The highest BCUT2D eigenvalue weighted by molar-refractivity contribution is 8.01. The molecule has 0 saturated carbocycles. The largest absolute Gasteiger partial charge is 0.508 e. The van der Waals surface area contributed by atoms with Gasteiger partial charge in [0.25, 0.3) is 0 Å². The number of thiophene rings is 1. The van der Waals surface area contributed by atoms with E-state index in [1.165, 1.54) is 6.07 Å². The van der Waals surface area contributed by atoms with Crippen LogP contribution in [0.4, 0.5) is 4.79 Å². The third kappa shape index (κ3) is 5.06. The molecule has 4 N–H and O–H groups in total. The number of rotatable bonds is 4. The number of phenols is 2. The number of sulfone groups is 1. The first-order valence-corrected chi connectivity index (χ1v) is 11.6. The highest BCUT2D eigenvalue weighted by Gasteiger charge is 2.29. The average Bonchev–Trinajstić information content (AvgIpc) is 3.03. The lowest BCUT2D eigenvalue weighted by Crippen LogP contribution is -2.24. The fraction of sp³-hybridized carbons (Fsp3) is 0.294. The summed E-state index contributed by atoms with van der Waals surface area (Å²) in [6.45, 7) is 5.02. The molecule has 0 aliphatic heterocycles. The van der Waals surface area contributed by atoms with E-state index in [1.54, 1.807) is 27.0 Å². The van der Waals surface area contributed by atoms with Crippen LogP contribution in [-0.4, -0.2) is 50.3 Å². The molecule has 0 atom stereocenters. The summed E-state index contributed by atoms with van der Waals surface area (Å²) in [5.74, 6) is -1.39. The van der Waals surface area contributed by atoms with E-state index in [2.05, 4.69) is 4.99 Å². The zero-order valence-electron chi connectivity index (χ0n) is 16.1. The number of nitrogens with two attached hydrogens (primary N) is 1. The van der Waals surface area contributed by atoms with Crippen molar-refractivity contribution in [3.05, 3.63) is 23.1 Å². The minimum atomic E-state index is -4.20. The van der Waals surface area contributed by atoms with Crippen molar-refractivity contribution in [2.24, 2.45) is 10.7 Å². The first-order valence-electron chi connectivity index (χ1n) is 8.08. The van der Waals surface area contributed by atoms with Gasteiger partial charge in [-0.25, -0.2) is 13.2 Å². The van der Waals surface area contributed by atoms with Crippen LogP contribution in [-0.2, 0) is 14.6 Å². The lowest BCUT2D eigenvalue weighted by molar-refractivity contribution is 0.0604. The van der Waals surface area contributed by atoms with Crippen LogP contribution >= 0.6 is 23.1 Å². The maximum Gasteiger partial charge on any atom is 0.436 e. The Bertz CT molecular complexity index is 1090. The zero-order chi connectivity index (χ0) is 22.1. The van der Waals surface area contributed by atoms with Gasteiger partial charge in [-0.2, -0.15) is 4.99 Å². The van der Waals surface area contributed by atoms with Crippen molar-refractivity contribution in [3.8, 4) is 11.5 Å². The fourth-order valence-electron chi connectivity index (χ4n) is 2.16. The van der Waals surface area contributed by atoms with Crippen molar-refractivity contribution in [3.63, 3.8) is 0 Å². The molecule has 0 fully saturated rings. The summed E-state index contributed by atoms with van der Waals surface area (Å²) in [5, 5.41) is 19.6. The Morgan fingerprint density at radius 3 is 2.45 bits per heavy atom. The quantitative estimate of drug-likeness (QED) is 0.276. The molecular weight excluding hydrogens is 435 g/mol. The third-order valence-corrected chi connectivity index (χ3v) is 7.81. The first kappa shape index (κ1) is 23.1. The standard InChI is InChI=1S/C17H19BN2O6S3/c1-17(2,3)26-16(23)20-14(19)9-7-11(15(27-4)28-9)29(24,25)10-6-5-8(21)12(18)13(10)22/h5-7,21-22H,1-4H3,(H2,19,20,23). The number of hydrogen-bond acceptors (Lipinski definition) is 8. The maximum atomic E-state index is 13.1. The molecule has 2 aromatic rings. The fourth-order valence-corrected chi connectivity index (χ4v) is 6.16. The van der Waals surface area contributed by atoms with Crippen LogP contribution in [0, 0.1) is 0 Å². The van der Waals surface area contributed by atoms with Gasteiger partial charge in [-0.15, -0.1) is 23.1 Å². The molecule has 0 bridgehead atoms. The molecule has 1 heterocycles. The second-order valence-electron chi connectivity index (χ2n) is 6.79. The van der Waals surface area contributed by atoms with E-state index in [0.717, 1.165) is 35.2 Å². The van der Waals surface area contributed by atoms with Gasteiger partial charge in [0.05, 0.1) is 14.0 Å². The summed E-state index contributed by atoms with van der Waals surface area (Å²) in [7, 11) is 1.33. The van der Waals surface area contributed by atoms with E-state index in [9.17, 15) is 23.4 Å². The number of phenolic OH excluding ortho intramolecular Hbond substituents is 2. The van der Waals surface area contributed by atoms with E-state index >= 15 is 0 Å². The van der Waals surface area contributed by atoms with Crippen LogP contribution in [0.2, 0.25) is 0 Å². The number of thioether (sulfide) groups is 1. The third-order valence-electron chi connectivity index (χ3n) is 3.45. The van der Waals surface area contributed by atoms with Crippen molar-refractivity contribution >= 4 is 58.2 Å². The number of amidine groups is 1. The van der Waals surface area contributed by atoms with Gasteiger partial charge in [0.1, 0.15) is 35.7 Å². The normalized spacial score (nSPS) is 12.8. The first-order chi connectivity index (χ1) is 13.3. The van der Waals surface area contributed by atoms with E-state index in [-0.39, 0.29) is 15.6 Å². The Balaban J connectivity index is 2.52. The van der Waals surface area contributed by atoms with Crippen LogP contribution in [0.1, 0.15) is 25.6 Å². The van der Waals surface area contributed by atoms with Crippen molar-refractivity contribution in [2.45, 2.75) is 40.4 Å². The Morgan fingerprint density at radius 2 is 1.90 bits per heavy atom. The molecule has 1 aromatic carbocycles. The number of aromatic hydroxyl groups is 2. The number of ether oxygens (including phenoxy) is 1. The smallest absolute Gasteiger partial charge is 0.436 e. The summed E-state index contributed by atoms with van der Waals surface area (Å²) in [4.78, 5) is 15.2. The number of amides is 1. The van der Waals surface area contributed by atoms with Gasteiger partial charge in [-0.3, -0.25) is 0 Å². The van der Waals surface area contributed by atoms with Gasteiger partial charge in [-0.1, -0.05) is 0 Å². The number of carbonyl (C=O) groups excluding carboxylic acids is 1. The second kappa shape index (κ2) is 8.29. The Labute approximate surface area is 178 Å². The molecule has 0 aliphatic carbocycles. The van der Waals surface area contributed by atoms with Crippen LogP contribution in [0.25, 0.3) is 0 Å². The lowest BCUT2D eigenvalue weighted by atomic mass is 9.94. The predicted octanol–water partition coefficient (Wildman–Crippen LogP) is 2.15. The summed E-state index contributed by atoms with van der Waals surface area (Å²) < 4.78 is 31.6. The molecule has 2 radical (unpaired) electrons. The molecule has 12 heteroatoms. The van der Waals surface area contributed by atoms with Crippen molar-refractivity contribution in [2.75, 3.05) is 6.26 Å². The molecule has 8 nitrogen and oxygen atoms in total. The minimum absolute atomic E-state index is 0.132. The van der Waals surface area contributed by atoms with Gasteiger partial charge >= 0.3 is 6.09 Å². The summed E-state index contributed by atoms with van der Waals surface area (Å²) in [5.41, 5.74) is 4.66. The molecule has 1 amide bonds. The molecule has 2 rings (SSSR count). The number of nitrogens with zero attached hydrogens (tertiary/aromatic N) is 1. The predicted molar refractivity (Wildman–Crippen MR) is 114 cm³/mol. The second-order valence-corrected chi connectivity index (χ2v) is 10.8. The van der Waals surface area contributed by atoms with Gasteiger partial charge in [0, 0.05) is 0 Å². The molecular formula is C17H19BN2O6S3. The topological polar surface area (TPSA) is 139 Å². The SMILES string of the molecule is [B]c1c(O)ccc(S(=O)(=O)c2cc(C(N)=NC(=O)OC(C)(C)C)sc2SC)c1O. The molecule has 29 heavy (non-hydrogen) atoms. The summed E-state index contributed by atoms with van der Waals surface area (Å²) >= 11 is 2.17. The molecule has 0 saturated heterocycles. The molecule has 0 spiro atoms. The Kier molecular flexibility index (Phi) is 6.60. The Hall–Kier alpha value is -2.18. The van der Waals surface area contributed by atoms with E-state index in [1.807, 2.05) is 0 Å². The van der Waals surface area contributed by atoms with Gasteiger partial charge in [-0.05, 0) is 50.7 Å². The summed E-state index contributed by atoms with van der Waals surface area (Å²) in [6, 6.07) is 3.39. The lowest BCUT2D eigenvalue weighted by Gasteiger charge is -2.17. The van der Waals surface area contributed by atoms with Crippen LogP contribution in [0.5, 0.6) is 11.5 Å². The van der Waals surface area contributed by atoms with E-state index in [0.29, 0.717) is 4.21 Å². The molecule has 0 aliphatic rings. The van der Waals surface area contributed by atoms with Gasteiger partial charge < -0.3 is 20.7 Å². The number of aliphatic imine (C=N–C) groups is 1. The molecule has 0 unspecified atom stereocenters. The van der Waals surface area contributed by atoms with Crippen molar-refractivity contribution in [1.82, 2.24) is 0 Å².